The Bertz CT molecular complexity index is 1050. The molecule has 0 spiro atoms. The van der Waals surface area contributed by atoms with E-state index in [4.69, 9.17) is 11.6 Å². The second-order valence-corrected chi connectivity index (χ2v) is 8.89. The van der Waals surface area contributed by atoms with Gasteiger partial charge in [-0.2, -0.15) is 13.2 Å². The van der Waals surface area contributed by atoms with Gasteiger partial charge in [-0.25, -0.2) is 4.98 Å². The molecular weight excluding hydrogens is 449 g/mol. The van der Waals surface area contributed by atoms with Crippen LogP contribution in [-0.2, 0) is 17.5 Å². The molecule has 0 unspecified atom stereocenters. The van der Waals surface area contributed by atoms with Gasteiger partial charge in [0, 0.05) is 26.2 Å². The molecule has 0 bridgehead atoms. The molecule has 1 saturated heterocycles. The molecule has 1 aliphatic heterocycles. The van der Waals surface area contributed by atoms with Crippen LogP contribution in [0.15, 0.2) is 42.5 Å². The standard InChI is InChI=1S/C21H20ClF3N4OS/c22-15-6-5-14(21(23,24)25)11-17(15)26-19(30)12-28-7-9-29(10-8-28)13-20-27-16-3-1-2-4-18(16)31-20/h1-6,11H,7-10,12-13H2,(H,26,30). The predicted molar refractivity (Wildman–Crippen MR) is 116 cm³/mol. The number of alkyl halides is 3. The van der Waals surface area contributed by atoms with Gasteiger partial charge in [-0.3, -0.25) is 14.6 Å². The third-order valence-electron chi connectivity index (χ3n) is 5.10. The second kappa shape index (κ2) is 9.12. The number of hydrogen-bond donors (Lipinski definition) is 1. The number of nitrogens with one attached hydrogen (secondary N) is 1. The molecule has 164 valence electrons. The minimum atomic E-state index is -4.50. The van der Waals surface area contributed by atoms with Crippen LogP contribution >= 0.6 is 22.9 Å². The highest BCUT2D eigenvalue weighted by atomic mass is 35.5. The summed E-state index contributed by atoms with van der Waals surface area (Å²) in [5.41, 5.74) is 0.123. The highest BCUT2D eigenvalue weighted by Gasteiger charge is 2.31. The van der Waals surface area contributed by atoms with Crippen molar-refractivity contribution in [3.05, 3.63) is 58.1 Å². The summed E-state index contributed by atoms with van der Waals surface area (Å²) in [6.07, 6.45) is -4.50. The maximum Gasteiger partial charge on any atom is 0.416 e. The summed E-state index contributed by atoms with van der Waals surface area (Å²) in [6.45, 7) is 3.81. The summed E-state index contributed by atoms with van der Waals surface area (Å²) < 4.78 is 39.8. The fraction of sp³-hybridized carbons (Fsp3) is 0.333. The van der Waals surface area contributed by atoms with Gasteiger partial charge in [0.1, 0.15) is 5.01 Å². The topological polar surface area (TPSA) is 48.5 Å². The summed E-state index contributed by atoms with van der Waals surface area (Å²) in [4.78, 5) is 21.3. The molecule has 0 radical (unpaired) electrons. The molecule has 1 N–H and O–H groups in total. The first kappa shape index (κ1) is 22.0. The van der Waals surface area contributed by atoms with Crippen LogP contribution in [0.4, 0.5) is 18.9 Å². The Morgan fingerprint density at radius 1 is 1.10 bits per heavy atom. The molecule has 0 atom stereocenters. The van der Waals surface area contributed by atoms with Crippen molar-refractivity contribution in [1.82, 2.24) is 14.8 Å². The number of nitrogens with zero attached hydrogens (tertiary/aromatic N) is 3. The van der Waals surface area contributed by atoms with Gasteiger partial charge in [-0.05, 0) is 30.3 Å². The second-order valence-electron chi connectivity index (χ2n) is 7.37. The molecule has 1 fully saturated rings. The average molecular weight is 469 g/mol. The number of fused-ring (bicyclic) bond motifs is 1. The van der Waals surface area contributed by atoms with Gasteiger partial charge < -0.3 is 5.32 Å². The molecule has 0 aliphatic carbocycles. The molecule has 1 aliphatic rings. The first-order chi connectivity index (χ1) is 14.8. The van der Waals surface area contributed by atoms with Gasteiger partial charge >= 0.3 is 6.18 Å². The lowest BCUT2D eigenvalue weighted by atomic mass is 10.2. The highest BCUT2D eigenvalue weighted by molar-refractivity contribution is 7.18. The Labute approximate surface area is 186 Å². The Balaban J connectivity index is 1.28. The quantitative estimate of drug-likeness (QED) is 0.588. The fourth-order valence-corrected chi connectivity index (χ4v) is 4.65. The monoisotopic (exact) mass is 468 g/mol. The zero-order valence-electron chi connectivity index (χ0n) is 16.5. The Morgan fingerprint density at radius 2 is 1.81 bits per heavy atom. The molecule has 2 heterocycles. The average Bonchev–Trinajstić information content (AvgIpc) is 3.12. The van der Waals surface area contributed by atoms with Crippen LogP contribution in [0, 0.1) is 0 Å². The van der Waals surface area contributed by atoms with E-state index in [1.807, 2.05) is 23.1 Å². The summed E-state index contributed by atoms with van der Waals surface area (Å²) in [7, 11) is 0. The van der Waals surface area contributed by atoms with E-state index in [2.05, 4.69) is 21.3 Å². The number of para-hydroxylation sites is 1. The maximum absolute atomic E-state index is 12.9. The molecule has 0 saturated carbocycles. The molecule has 2 aromatic carbocycles. The molecule has 31 heavy (non-hydrogen) atoms. The lowest BCUT2D eigenvalue weighted by molar-refractivity contribution is -0.137. The van der Waals surface area contributed by atoms with Crippen LogP contribution < -0.4 is 5.32 Å². The predicted octanol–water partition coefficient (Wildman–Crippen LogP) is 4.72. The fourth-order valence-electron chi connectivity index (χ4n) is 3.47. The highest BCUT2D eigenvalue weighted by Crippen LogP contribution is 2.33. The number of carbonyl (C=O) groups excluding carboxylic acids is 1. The van der Waals surface area contributed by atoms with Crippen molar-refractivity contribution in [2.24, 2.45) is 0 Å². The molecule has 10 heteroatoms. The van der Waals surface area contributed by atoms with E-state index in [0.717, 1.165) is 48.4 Å². The number of thiazole rings is 1. The van der Waals surface area contributed by atoms with Gasteiger partial charge in [0.15, 0.2) is 0 Å². The van der Waals surface area contributed by atoms with Gasteiger partial charge in [-0.15, -0.1) is 11.3 Å². The van der Waals surface area contributed by atoms with Crippen LogP contribution in [0.2, 0.25) is 5.02 Å². The van der Waals surface area contributed by atoms with Gasteiger partial charge in [0.05, 0.1) is 39.6 Å². The van der Waals surface area contributed by atoms with Crippen molar-refractivity contribution in [1.29, 1.82) is 0 Å². The Hall–Kier alpha value is -2.20. The van der Waals surface area contributed by atoms with Crippen LogP contribution in [0.5, 0.6) is 0 Å². The Kier molecular flexibility index (Phi) is 6.47. The molecule has 1 aromatic heterocycles. The summed E-state index contributed by atoms with van der Waals surface area (Å²) in [6, 6.07) is 10.9. The van der Waals surface area contributed by atoms with Crippen LogP contribution in [0.3, 0.4) is 0 Å². The van der Waals surface area contributed by atoms with Crippen LogP contribution in [0.25, 0.3) is 10.2 Å². The molecule has 3 aromatic rings. The lowest BCUT2D eigenvalue weighted by Crippen LogP contribution is -2.48. The molecule has 1 amide bonds. The minimum Gasteiger partial charge on any atom is -0.324 e. The number of hydrogen-bond acceptors (Lipinski definition) is 5. The van der Waals surface area contributed by atoms with Crippen molar-refractivity contribution in [2.75, 3.05) is 38.0 Å². The van der Waals surface area contributed by atoms with Crippen LogP contribution in [0.1, 0.15) is 10.6 Å². The SMILES string of the molecule is O=C(CN1CCN(Cc2nc3ccccc3s2)CC1)Nc1cc(C(F)(F)F)ccc1Cl. The molecule has 5 nitrogen and oxygen atoms in total. The zero-order valence-corrected chi connectivity index (χ0v) is 18.0. The number of carbonyl (C=O) groups is 1. The smallest absolute Gasteiger partial charge is 0.324 e. The molecule has 4 rings (SSSR count). The van der Waals surface area contributed by atoms with E-state index in [1.54, 1.807) is 11.3 Å². The van der Waals surface area contributed by atoms with Gasteiger partial charge in [-0.1, -0.05) is 23.7 Å². The number of halogens is 4. The first-order valence-corrected chi connectivity index (χ1v) is 10.9. The van der Waals surface area contributed by atoms with Crippen LogP contribution in [-0.4, -0.2) is 53.4 Å². The van der Waals surface area contributed by atoms with Crippen molar-refractivity contribution in [3.8, 4) is 0 Å². The number of benzene rings is 2. The van der Waals surface area contributed by atoms with Crippen molar-refractivity contribution >= 4 is 44.7 Å². The van der Waals surface area contributed by atoms with E-state index in [0.29, 0.717) is 13.1 Å². The lowest BCUT2D eigenvalue weighted by Gasteiger charge is -2.33. The summed E-state index contributed by atoms with van der Waals surface area (Å²) in [5.74, 6) is -0.388. The van der Waals surface area contributed by atoms with Crippen molar-refractivity contribution in [2.45, 2.75) is 12.7 Å². The van der Waals surface area contributed by atoms with Crippen molar-refractivity contribution in [3.63, 3.8) is 0 Å². The number of anilines is 1. The van der Waals surface area contributed by atoms with E-state index < -0.39 is 11.7 Å². The first-order valence-electron chi connectivity index (χ1n) is 9.74. The number of amides is 1. The zero-order chi connectivity index (χ0) is 22.0. The largest absolute Gasteiger partial charge is 0.416 e. The van der Waals surface area contributed by atoms with E-state index in [-0.39, 0.29) is 23.2 Å². The van der Waals surface area contributed by atoms with Gasteiger partial charge in [0.2, 0.25) is 5.91 Å². The normalized spacial score (nSPS) is 16.0. The third kappa shape index (κ3) is 5.54. The molecular formula is C21H20ClF3N4OS. The van der Waals surface area contributed by atoms with E-state index in [1.165, 1.54) is 4.70 Å². The van der Waals surface area contributed by atoms with Gasteiger partial charge in [0.25, 0.3) is 0 Å². The summed E-state index contributed by atoms with van der Waals surface area (Å²) >= 11 is 7.64. The number of rotatable bonds is 5. The van der Waals surface area contributed by atoms with E-state index >= 15 is 0 Å². The Morgan fingerprint density at radius 3 is 2.52 bits per heavy atom. The maximum atomic E-state index is 12.9. The van der Waals surface area contributed by atoms with E-state index in [9.17, 15) is 18.0 Å². The third-order valence-corrected chi connectivity index (χ3v) is 6.45. The minimum absolute atomic E-state index is 0.0315. The number of aromatic nitrogens is 1. The summed E-state index contributed by atoms with van der Waals surface area (Å²) in [5, 5.41) is 3.63. The number of piperazine rings is 1. The van der Waals surface area contributed by atoms with Crippen molar-refractivity contribution < 1.29 is 18.0 Å².